The number of urea groups is 1. The predicted molar refractivity (Wildman–Crippen MR) is 109 cm³/mol. The molecule has 0 unspecified atom stereocenters. The van der Waals surface area contributed by atoms with Crippen molar-refractivity contribution in [3.8, 4) is 5.75 Å². The summed E-state index contributed by atoms with van der Waals surface area (Å²) in [5, 5.41) is 13.4. The van der Waals surface area contributed by atoms with Gasteiger partial charge in [0.2, 0.25) is 0 Å². The largest absolute Gasteiger partial charge is 0.489 e. The number of ether oxygens (including phenoxy) is 1. The molecule has 2 aromatic carbocycles. The number of rotatable bonds is 6. The van der Waals surface area contributed by atoms with Gasteiger partial charge in [-0.05, 0) is 30.3 Å². The molecule has 1 heterocycles. The third kappa shape index (κ3) is 4.20. The first-order valence-electron chi connectivity index (χ1n) is 8.51. The molecule has 4 amide bonds. The fourth-order valence-electron chi connectivity index (χ4n) is 2.71. The number of carbonyl (C=O) groups is 3. The monoisotopic (exact) mass is 427 g/mol. The zero-order valence-corrected chi connectivity index (χ0v) is 16.1. The molecule has 10 heteroatoms. The molecular weight excluding hydrogens is 414 g/mol. The molecule has 0 spiro atoms. The Morgan fingerprint density at radius 1 is 1.20 bits per heavy atom. The summed E-state index contributed by atoms with van der Waals surface area (Å²) in [6.45, 7) is 3.73. The second-order valence-corrected chi connectivity index (χ2v) is 6.45. The van der Waals surface area contributed by atoms with E-state index in [1.807, 2.05) is 0 Å². The highest BCUT2D eigenvalue weighted by Crippen LogP contribution is 2.29. The smallest absolute Gasteiger partial charge is 0.335 e. The van der Waals surface area contributed by atoms with E-state index in [4.69, 9.17) is 16.3 Å². The molecule has 30 heavy (non-hydrogen) atoms. The van der Waals surface area contributed by atoms with Crippen LogP contribution in [0.5, 0.6) is 5.75 Å². The number of nitrogens with zero attached hydrogens (tertiary/aromatic N) is 2. The summed E-state index contributed by atoms with van der Waals surface area (Å²) < 4.78 is 5.51. The molecule has 1 fully saturated rings. The zero-order chi connectivity index (χ0) is 21.8. The number of hydrogen-bond acceptors (Lipinski definition) is 6. The molecule has 1 aliphatic rings. The van der Waals surface area contributed by atoms with E-state index in [0.717, 1.165) is 6.07 Å². The molecule has 0 saturated carbocycles. The van der Waals surface area contributed by atoms with Crippen LogP contribution < -0.4 is 15.0 Å². The van der Waals surface area contributed by atoms with Gasteiger partial charge >= 0.3 is 6.03 Å². The highest BCUT2D eigenvalue weighted by Gasteiger charge is 2.37. The number of amides is 4. The van der Waals surface area contributed by atoms with E-state index >= 15 is 0 Å². The number of non-ortho nitro benzene ring substituents is 1. The summed E-state index contributed by atoms with van der Waals surface area (Å²) in [5.41, 5.74) is -0.409. The van der Waals surface area contributed by atoms with Gasteiger partial charge in [-0.2, -0.15) is 0 Å². The molecule has 9 nitrogen and oxygen atoms in total. The summed E-state index contributed by atoms with van der Waals surface area (Å²) in [5.74, 6) is -1.52. The lowest BCUT2D eigenvalue weighted by molar-refractivity contribution is -0.384. The van der Waals surface area contributed by atoms with Gasteiger partial charge in [0.25, 0.3) is 17.5 Å². The van der Waals surface area contributed by atoms with E-state index < -0.39 is 22.8 Å². The zero-order valence-electron chi connectivity index (χ0n) is 15.3. The van der Waals surface area contributed by atoms with Gasteiger partial charge in [0, 0.05) is 22.7 Å². The van der Waals surface area contributed by atoms with E-state index in [1.54, 1.807) is 12.1 Å². The standard InChI is InChI=1S/C20H14ClN3O6/c1-2-8-30-17-7-6-13(21)9-12(17)10-16-18(25)22-20(27)23(19(16)26)14-4-3-5-15(11-14)24(28)29/h2-7,9-11H,1,8H2,(H,22,25,27)/b16-10+. The molecule has 3 rings (SSSR count). The number of benzene rings is 2. The highest BCUT2D eigenvalue weighted by atomic mass is 35.5. The lowest BCUT2D eigenvalue weighted by Gasteiger charge is -2.26. The average Bonchev–Trinajstić information content (AvgIpc) is 2.70. The number of nitrogens with one attached hydrogen (secondary N) is 1. The highest BCUT2D eigenvalue weighted by molar-refractivity contribution is 6.39. The van der Waals surface area contributed by atoms with Crippen LogP contribution in [0.1, 0.15) is 5.56 Å². The van der Waals surface area contributed by atoms with Crippen molar-refractivity contribution < 1.29 is 24.0 Å². The fraction of sp³-hybridized carbons (Fsp3) is 0.0500. The average molecular weight is 428 g/mol. The molecule has 0 atom stereocenters. The third-order valence-corrected chi connectivity index (χ3v) is 4.26. The van der Waals surface area contributed by atoms with Crippen LogP contribution >= 0.6 is 11.6 Å². The Labute approximate surface area is 175 Å². The van der Waals surface area contributed by atoms with E-state index in [0.29, 0.717) is 21.2 Å². The van der Waals surface area contributed by atoms with Crippen molar-refractivity contribution in [1.29, 1.82) is 0 Å². The van der Waals surface area contributed by atoms with Crippen LogP contribution in [0.3, 0.4) is 0 Å². The van der Waals surface area contributed by atoms with Crippen LogP contribution in [-0.2, 0) is 9.59 Å². The Balaban J connectivity index is 2.05. The quantitative estimate of drug-likeness (QED) is 0.248. The molecule has 2 aromatic rings. The third-order valence-electron chi connectivity index (χ3n) is 4.03. The molecule has 152 valence electrons. The second-order valence-electron chi connectivity index (χ2n) is 6.02. The summed E-state index contributed by atoms with van der Waals surface area (Å²) >= 11 is 6.02. The van der Waals surface area contributed by atoms with Gasteiger partial charge in [0.05, 0.1) is 10.6 Å². The normalized spacial score (nSPS) is 15.2. The number of nitro benzene ring substituents is 1. The van der Waals surface area contributed by atoms with Crippen molar-refractivity contribution in [3.05, 3.63) is 81.4 Å². The van der Waals surface area contributed by atoms with Crippen LogP contribution in [0.2, 0.25) is 5.02 Å². The summed E-state index contributed by atoms with van der Waals surface area (Å²) in [4.78, 5) is 48.6. The van der Waals surface area contributed by atoms with Crippen LogP contribution in [0, 0.1) is 10.1 Å². The van der Waals surface area contributed by atoms with Crippen molar-refractivity contribution in [3.63, 3.8) is 0 Å². The molecule has 1 saturated heterocycles. The number of nitro groups is 1. The molecule has 0 bridgehead atoms. The van der Waals surface area contributed by atoms with Crippen molar-refractivity contribution in [2.24, 2.45) is 0 Å². The second kappa shape index (κ2) is 8.58. The minimum absolute atomic E-state index is 0.0562. The number of halogens is 1. The predicted octanol–water partition coefficient (Wildman–Crippen LogP) is 3.48. The fourth-order valence-corrected chi connectivity index (χ4v) is 2.89. The van der Waals surface area contributed by atoms with E-state index in [9.17, 15) is 24.5 Å². The number of imide groups is 2. The Kier molecular flexibility index (Phi) is 5.93. The Hall–Kier alpha value is -3.98. The van der Waals surface area contributed by atoms with Crippen molar-refractivity contribution in [2.45, 2.75) is 0 Å². The number of hydrogen-bond donors (Lipinski definition) is 1. The van der Waals surface area contributed by atoms with Gasteiger partial charge in [-0.25, -0.2) is 9.69 Å². The minimum Gasteiger partial charge on any atom is -0.489 e. The maximum atomic E-state index is 13.0. The molecule has 1 N–H and O–H groups in total. The molecular formula is C20H14ClN3O6. The van der Waals surface area contributed by atoms with Gasteiger partial charge < -0.3 is 4.74 Å². The van der Waals surface area contributed by atoms with Gasteiger partial charge in [0.15, 0.2) is 0 Å². The molecule has 1 aliphatic heterocycles. The first-order chi connectivity index (χ1) is 14.3. The van der Waals surface area contributed by atoms with Crippen molar-refractivity contribution in [2.75, 3.05) is 11.5 Å². The van der Waals surface area contributed by atoms with Crippen LogP contribution in [-0.4, -0.2) is 29.4 Å². The molecule has 0 aliphatic carbocycles. The Bertz CT molecular complexity index is 1110. The topological polar surface area (TPSA) is 119 Å². The van der Waals surface area contributed by atoms with E-state index in [-0.39, 0.29) is 23.6 Å². The maximum Gasteiger partial charge on any atom is 0.335 e. The number of anilines is 1. The molecule has 0 aromatic heterocycles. The van der Waals surface area contributed by atoms with Gasteiger partial charge in [0.1, 0.15) is 17.9 Å². The number of barbiturate groups is 1. The first kappa shape index (κ1) is 20.7. The summed E-state index contributed by atoms with van der Waals surface area (Å²) in [6.07, 6.45) is 2.76. The first-order valence-corrected chi connectivity index (χ1v) is 8.88. The minimum atomic E-state index is -1.02. The van der Waals surface area contributed by atoms with Crippen LogP contribution in [0.15, 0.2) is 60.7 Å². The number of carbonyl (C=O) groups excluding carboxylic acids is 3. The SMILES string of the molecule is C=CCOc1ccc(Cl)cc1/C=C1\C(=O)NC(=O)N(c2cccc([N+](=O)[O-])c2)C1=O. The summed E-state index contributed by atoms with van der Waals surface area (Å²) in [6, 6.07) is 8.55. The lowest BCUT2D eigenvalue weighted by Crippen LogP contribution is -2.54. The van der Waals surface area contributed by atoms with E-state index in [1.165, 1.54) is 36.4 Å². The van der Waals surface area contributed by atoms with Crippen LogP contribution in [0.4, 0.5) is 16.2 Å². The Morgan fingerprint density at radius 3 is 2.67 bits per heavy atom. The van der Waals surface area contributed by atoms with Crippen molar-refractivity contribution in [1.82, 2.24) is 5.32 Å². The van der Waals surface area contributed by atoms with Gasteiger partial charge in [-0.3, -0.25) is 25.0 Å². The lowest BCUT2D eigenvalue weighted by atomic mass is 10.1. The van der Waals surface area contributed by atoms with E-state index in [2.05, 4.69) is 11.9 Å². The molecule has 0 radical (unpaired) electrons. The Morgan fingerprint density at radius 2 is 1.97 bits per heavy atom. The summed E-state index contributed by atoms with van der Waals surface area (Å²) in [7, 11) is 0. The van der Waals surface area contributed by atoms with Gasteiger partial charge in [-0.15, -0.1) is 0 Å². The van der Waals surface area contributed by atoms with Crippen molar-refractivity contribution >= 4 is 46.9 Å². The van der Waals surface area contributed by atoms with Gasteiger partial charge in [-0.1, -0.05) is 30.3 Å². The maximum absolute atomic E-state index is 13.0. The van der Waals surface area contributed by atoms with Crippen LogP contribution in [0.25, 0.3) is 6.08 Å².